The van der Waals surface area contributed by atoms with Crippen LogP contribution in [-0.2, 0) is 0 Å². The van der Waals surface area contributed by atoms with Gasteiger partial charge in [0.15, 0.2) is 0 Å². The van der Waals surface area contributed by atoms with Gasteiger partial charge in [0.05, 0.1) is 0 Å². The van der Waals surface area contributed by atoms with Crippen LogP contribution in [0.1, 0.15) is 23.7 Å². The quantitative estimate of drug-likeness (QED) is 0.811. The molecule has 0 aliphatic carbocycles. The highest BCUT2D eigenvalue weighted by atomic mass is 127. The Morgan fingerprint density at radius 1 is 1.56 bits per heavy atom. The van der Waals surface area contributed by atoms with Crippen LogP contribution in [0.5, 0.6) is 0 Å². The molecule has 0 bridgehead atoms. The van der Waals surface area contributed by atoms with E-state index in [0.717, 1.165) is 3.57 Å². The van der Waals surface area contributed by atoms with Gasteiger partial charge in [-0.3, -0.25) is 4.79 Å². The molecule has 1 unspecified atom stereocenters. The monoisotopic (exact) mass is 333 g/mol. The molecule has 0 aliphatic heterocycles. The first-order valence-corrected chi connectivity index (χ1v) is 6.36. The predicted molar refractivity (Wildman–Crippen MR) is 72.4 cm³/mol. The highest BCUT2D eigenvalue weighted by molar-refractivity contribution is 14.1. The number of halogens is 1. The number of hydrogen-bond donors (Lipinski definition) is 2. The van der Waals surface area contributed by atoms with Gasteiger partial charge in [-0.15, -0.1) is 0 Å². The maximum atomic E-state index is 11.7. The highest BCUT2D eigenvalue weighted by Crippen LogP contribution is 2.08. The van der Waals surface area contributed by atoms with Crippen LogP contribution in [0.3, 0.4) is 0 Å². The molecule has 88 valence electrons. The third-order valence-electron chi connectivity index (χ3n) is 2.32. The summed E-state index contributed by atoms with van der Waals surface area (Å²) in [5.41, 5.74) is 0.683. The molecule has 0 aromatic heterocycles. The third kappa shape index (κ3) is 4.49. The van der Waals surface area contributed by atoms with Crippen LogP contribution in [0, 0.1) is 9.49 Å². The van der Waals surface area contributed by atoms with Crippen LogP contribution in [0.15, 0.2) is 24.3 Å². The molecule has 0 fully saturated rings. The molecule has 16 heavy (non-hydrogen) atoms. The Labute approximate surface area is 109 Å². The van der Waals surface area contributed by atoms with Crippen molar-refractivity contribution in [2.45, 2.75) is 13.3 Å². The van der Waals surface area contributed by atoms with Gasteiger partial charge in [-0.2, -0.15) is 0 Å². The van der Waals surface area contributed by atoms with Gasteiger partial charge in [0.1, 0.15) is 0 Å². The lowest BCUT2D eigenvalue weighted by atomic mass is 10.1. The zero-order valence-corrected chi connectivity index (χ0v) is 11.4. The first-order chi connectivity index (χ1) is 7.63. The number of aliphatic hydroxyl groups excluding tert-OH is 1. The van der Waals surface area contributed by atoms with E-state index in [9.17, 15) is 4.79 Å². The van der Waals surface area contributed by atoms with Gasteiger partial charge in [0, 0.05) is 22.3 Å². The van der Waals surface area contributed by atoms with Crippen molar-refractivity contribution < 1.29 is 9.90 Å². The van der Waals surface area contributed by atoms with E-state index in [-0.39, 0.29) is 12.5 Å². The molecule has 1 atom stereocenters. The van der Waals surface area contributed by atoms with Crippen molar-refractivity contribution in [3.8, 4) is 0 Å². The fourth-order valence-corrected chi connectivity index (χ4v) is 1.86. The summed E-state index contributed by atoms with van der Waals surface area (Å²) >= 11 is 2.18. The summed E-state index contributed by atoms with van der Waals surface area (Å²) in [7, 11) is 0. The predicted octanol–water partition coefficient (Wildman–Crippen LogP) is 2.04. The van der Waals surface area contributed by atoms with Crippen LogP contribution < -0.4 is 5.32 Å². The zero-order chi connectivity index (χ0) is 12.0. The van der Waals surface area contributed by atoms with E-state index in [4.69, 9.17) is 5.11 Å². The van der Waals surface area contributed by atoms with Crippen molar-refractivity contribution in [3.63, 3.8) is 0 Å². The molecule has 1 rings (SSSR count). The lowest BCUT2D eigenvalue weighted by Crippen LogP contribution is -2.28. The van der Waals surface area contributed by atoms with Crippen molar-refractivity contribution in [1.29, 1.82) is 0 Å². The molecule has 0 aliphatic rings. The average molecular weight is 333 g/mol. The highest BCUT2D eigenvalue weighted by Gasteiger charge is 2.07. The number of nitrogens with one attached hydrogen (secondary N) is 1. The SMILES string of the molecule is CC(CCO)CNC(=O)c1cccc(I)c1. The van der Waals surface area contributed by atoms with E-state index in [2.05, 4.69) is 27.9 Å². The molecule has 1 aromatic carbocycles. The number of rotatable bonds is 5. The van der Waals surface area contributed by atoms with Gasteiger partial charge in [0.2, 0.25) is 0 Å². The Morgan fingerprint density at radius 3 is 2.94 bits per heavy atom. The van der Waals surface area contributed by atoms with Gasteiger partial charge in [-0.25, -0.2) is 0 Å². The molecule has 1 aromatic rings. The van der Waals surface area contributed by atoms with Gasteiger partial charge in [-0.1, -0.05) is 13.0 Å². The van der Waals surface area contributed by atoms with Gasteiger partial charge in [-0.05, 0) is 53.1 Å². The number of aliphatic hydroxyl groups is 1. The number of hydrogen-bond acceptors (Lipinski definition) is 2. The molecule has 2 N–H and O–H groups in total. The second-order valence-electron chi connectivity index (χ2n) is 3.84. The minimum absolute atomic E-state index is 0.0525. The summed E-state index contributed by atoms with van der Waals surface area (Å²) in [6, 6.07) is 7.47. The first-order valence-electron chi connectivity index (χ1n) is 5.28. The number of carbonyl (C=O) groups excluding carboxylic acids is 1. The molecule has 1 amide bonds. The van der Waals surface area contributed by atoms with E-state index in [0.29, 0.717) is 24.4 Å². The van der Waals surface area contributed by atoms with Crippen LogP contribution in [0.25, 0.3) is 0 Å². The van der Waals surface area contributed by atoms with Gasteiger partial charge >= 0.3 is 0 Å². The van der Waals surface area contributed by atoms with E-state index in [1.165, 1.54) is 0 Å². The number of amides is 1. The van der Waals surface area contributed by atoms with Crippen LogP contribution in [0.4, 0.5) is 0 Å². The molecule has 0 spiro atoms. The second-order valence-corrected chi connectivity index (χ2v) is 5.08. The summed E-state index contributed by atoms with van der Waals surface area (Å²) in [4.78, 5) is 11.7. The van der Waals surface area contributed by atoms with Crippen LogP contribution in [0.2, 0.25) is 0 Å². The summed E-state index contributed by atoms with van der Waals surface area (Å²) in [5.74, 6) is 0.250. The van der Waals surface area contributed by atoms with E-state index in [1.807, 2.05) is 25.1 Å². The summed E-state index contributed by atoms with van der Waals surface area (Å²) in [6.45, 7) is 2.77. The lowest BCUT2D eigenvalue weighted by molar-refractivity contribution is 0.0945. The van der Waals surface area contributed by atoms with Crippen LogP contribution >= 0.6 is 22.6 Å². The largest absolute Gasteiger partial charge is 0.396 e. The van der Waals surface area contributed by atoms with Gasteiger partial charge in [0.25, 0.3) is 5.91 Å². The fourth-order valence-electron chi connectivity index (χ4n) is 1.32. The van der Waals surface area contributed by atoms with E-state index < -0.39 is 0 Å². The fraction of sp³-hybridized carbons (Fsp3) is 0.417. The lowest BCUT2D eigenvalue weighted by Gasteiger charge is -2.11. The van der Waals surface area contributed by atoms with E-state index >= 15 is 0 Å². The molecular formula is C12H16INO2. The van der Waals surface area contributed by atoms with Gasteiger partial charge < -0.3 is 10.4 Å². The molecular weight excluding hydrogens is 317 g/mol. The third-order valence-corrected chi connectivity index (χ3v) is 2.99. The Kier molecular flexibility index (Phi) is 5.76. The molecule has 0 saturated carbocycles. The Morgan fingerprint density at radius 2 is 2.31 bits per heavy atom. The van der Waals surface area contributed by atoms with Crippen molar-refractivity contribution >= 4 is 28.5 Å². The molecule has 0 heterocycles. The Hall–Kier alpha value is -0.620. The standard InChI is InChI=1S/C12H16INO2/c1-9(5-6-15)8-14-12(16)10-3-2-4-11(13)7-10/h2-4,7,9,15H,5-6,8H2,1H3,(H,14,16). The molecule has 4 heteroatoms. The normalized spacial score (nSPS) is 12.2. The molecule has 3 nitrogen and oxygen atoms in total. The summed E-state index contributed by atoms with van der Waals surface area (Å²) in [6.07, 6.45) is 0.715. The molecule has 0 saturated heterocycles. The Balaban J connectivity index is 2.47. The second kappa shape index (κ2) is 6.85. The maximum absolute atomic E-state index is 11.7. The van der Waals surface area contributed by atoms with Crippen molar-refractivity contribution in [2.24, 2.45) is 5.92 Å². The number of carbonyl (C=O) groups is 1. The van der Waals surface area contributed by atoms with Crippen molar-refractivity contribution in [1.82, 2.24) is 5.32 Å². The smallest absolute Gasteiger partial charge is 0.251 e. The van der Waals surface area contributed by atoms with Crippen LogP contribution in [-0.4, -0.2) is 24.2 Å². The van der Waals surface area contributed by atoms with E-state index in [1.54, 1.807) is 6.07 Å². The average Bonchev–Trinajstić information content (AvgIpc) is 2.26. The number of benzene rings is 1. The van der Waals surface area contributed by atoms with Crippen molar-refractivity contribution in [3.05, 3.63) is 33.4 Å². The zero-order valence-electron chi connectivity index (χ0n) is 9.24. The van der Waals surface area contributed by atoms with Crippen molar-refractivity contribution in [2.75, 3.05) is 13.2 Å². The maximum Gasteiger partial charge on any atom is 0.251 e. The summed E-state index contributed by atoms with van der Waals surface area (Å²) in [5, 5.41) is 11.6. The topological polar surface area (TPSA) is 49.3 Å². The minimum atomic E-state index is -0.0525. The minimum Gasteiger partial charge on any atom is -0.396 e. The first kappa shape index (κ1) is 13.4. The summed E-state index contributed by atoms with van der Waals surface area (Å²) < 4.78 is 1.05. The Bertz CT molecular complexity index is 355. The molecule has 0 radical (unpaired) electrons.